The third-order valence-electron chi connectivity index (χ3n) is 4.45. The molecule has 2 N–H and O–H groups in total. The molecule has 2 aromatic carbocycles. The quantitative estimate of drug-likeness (QED) is 0.338. The molecule has 0 fully saturated rings. The predicted octanol–water partition coefficient (Wildman–Crippen LogP) is 4.47. The highest BCUT2D eigenvalue weighted by Crippen LogP contribution is 2.41. The molecule has 4 aromatic rings. The Balaban J connectivity index is 1.86. The third-order valence-corrected chi connectivity index (χ3v) is 4.79. The van der Waals surface area contributed by atoms with Crippen LogP contribution in [0, 0.1) is 17.5 Å². The summed E-state index contributed by atoms with van der Waals surface area (Å²) < 4.78 is 74.3. The molecule has 166 valence electrons. The molecule has 0 amide bonds. The van der Waals surface area contributed by atoms with Crippen LogP contribution >= 0.6 is 11.6 Å². The average Bonchev–Trinajstić information content (AvgIpc) is 3.24. The van der Waals surface area contributed by atoms with Crippen LogP contribution in [0.4, 0.5) is 27.8 Å². The molecule has 32 heavy (non-hydrogen) atoms. The van der Waals surface area contributed by atoms with Crippen LogP contribution in [0.2, 0.25) is 5.02 Å². The van der Waals surface area contributed by atoms with Crippen molar-refractivity contribution in [1.82, 2.24) is 30.2 Å². The average molecular weight is 472 g/mol. The Bertz CT molecular complexity index is 1330. The number of fused-ring (bicyclic) bond motifs is 1. The number of benzene rings is 2. The molecule has 0 aliphatic rings. The number of hydrogen-bond acceptors (Lipinski definition) is 7. The van der Waals surface area contributed by atoms with Gasteiger partial charge in [0.05, 0.1) is 10.9 Å². The largest absolute Gasteiger partial charge is 0.482 e. The van der Waals surface area contributed by atoms with E-state index >= 15 is 4.39 Å². The van der Waals surface area contributed by atoms with Crippen LogP contribution in [0.25, 0.3) is 22.0 Å². The number of halogens is 6. The van der Waals surface area contributed by atoms with Crippen LogP contribution < -0.4 is 10.5 Å². The summed E-state index contributed by atoms with van der Waals surface area (Å²) >= 11 is 5.63. The molecule has 2 aromatic heterocycles. The Morgan fingerprint density at radius 2 is 1.88 bits per heavy atom. The second kappa shape index (κ2) is 8.15. The zero-order valence-corrected chi connectivity index (χ0v) is 16.7. The molecule has 0 aliphatic carbocycles. The van der Waals surface area contributed by atoms with E-state index in [-0.39, 0.29) is 44.2 Å². The molecule has 4 rings (SSSR count). The number of rotatable bonds is 5. The summed E-state index contributed by atoms with van der Waals surface area (Å²) in [6.45, 7) is -1.60. The molecule has 1 atom stereocenters. The van der Waals surface area contributed by atoms with Gasteiger partial charge < -0.3 is 10.5 Å². The van der Waals surface area contributed by atoms with Gasteiger partial charge in [0.15, 0.2) is 11.9 Å². The number of tetrazole rings is 1. The van der Waals surface area contributed by atoms with Gasteiger partial charge in [0.2, 0.25) is 5.82 Å². The fourth-order valence-electron chi connectivity index (χ4n) is 3.00. The predicted molar refractivity (Wildman–Crippen MR) is 102 cm³/mol. The van der Waals surface area contributed by atoms with Gasteiger partial charge in [0.1, 0.15) is 34.6 Å². The molecular weight excluding hydrogens is 461 g/mol. The first-order valence-electron chi connectivity index (χ1n) is 8.79. The lowest BCUT2D eigenvalue weighted by Crippen LogP contribution is -2.09. The fraction of sp³-hybridized carbons (Fsp3) is 0.167. The van der Waals surface area contributed by atoms with Gasteiger partial charge in [-0.2, -0.15) is 8.78 Å². The van der Waals surface area contributed by atoms with Gasteiger partial charge in [-0.25, -0.2) is 23.1 Å². The van der Waals surface area contributed by atoms with E-state index in [4.69, 9.17) is 22.1 Å². The molecular formula is C18H11ClF5N7O. The van der Waals surface area contributed by atoms with E-state index in [1.165, 1.54) is 6.92 Å². The zero-order valence-electron chi connectivity index (χ0n) is 15.9. The first-order valence-corrected chi connectivity index (χ1v) is 9.17. The molecule has 2 heterocycles. The van der Waals surface area contributed by atoms with Crippen molar-refractivity contribution in [2.24, 2.45) is 0 Å². The number of hydrogen-bond donors (Lipinski definition) is 1. The zero-order chi connectivity index (χ0) is 23.2. The number of nitrogens with two attached hydrogens (primary N) is 1. The highest BCUT2D eigenvalue weighted by Gasteiger charge is 2.25. The van der Waals surface area contributed by atoms with Gasteiger partial charge in [-0.05, 0) is 24.3 Å². The van der Waals surface area contributed by atoms with E-state index in [0.29, 0.717) is 0 Å². The summed E-state index contributed by atoms with van der Waals surface area (Å²) in [5.41, 5.74) is 5.06. The Morgan fingerprint density at radius 1 is 1.12 bits per heavy atom. The van der Waals surface area contributed by atoms with E-state index in [1.807, 2.05) is 0 Å². The van der Waals surface area contributed by atoms with Gasteiger partial charge in [0, 0.05) is 17.2 Å². The van der Waals surface area contributed by atoms with Crippen molar-refractivity contribution in [3.05, 3.63) is 52.8 Å². The number of ether oxygens (including phenoxy) is 1. The number of nitrogen functional groups attached to an aromatic ring is 1. The van der Waals surface area contributed by atoms with Crippen molar-refractivity contribution < 1.29 is 26.7 Å². The number of aromatic nitrogens is 6. The van der Waals surface area contributed by atoms with Gasteiger partial charge in [-0.1, -0.05) is 16.4 Å². The Labute approximate surface area is 180 Å². The monoisotopic (exact) mass is 471 g/mol. The van der Waals surface area contributed by atoms with Crippen molar-refractivity contribution in [3.8, 4) is 16.9 Å². The lowest BCUT2D eigenvalue weighted by molar-refractivity contribution is 0.0389. The standard InChI is InChI=1S/C18H11ClF5N7O/c1-6(17-28-30-31(29-17)18(23)24)32-10-4-9(21)11(15-12(10)16(25)27-5-26-15)7-2-3-8(20)13(19)14(7)22/h2-6,18H,1H3,(H2,25,26,27)/t6-/m1/s1. The summed E-state index contributed by atoms with van der Waals surface area (Å²) in [6, 6.07) is 2.76. The molecule has 0 saturated heterocycles. The van der Waals surface area contributed by atoms with Crippen LogP contribution in [-0.4, -0.2) is 30.2 Å². The van der Waals surface area contributed by atoms with Gasteiger partial charge in [-0.15, -0.1) is 10.2 Å². The molecule has 0 aliphatic heterocycles. The minimum absolute atomic E-state index is 0.00292. The summed E-state index contributed by atoms with van der Waals surface area (Å²) in [4.78, 5) is 7.89. The SMILES string of the molecule is C[C@@H](Oc1cc(F)c(-c2ccc(F)c(Cl)c2F)c2ncnc(N)c12)c1nnn(C(F)F)n1. The maximum Gasteiger partial charge on any atom is 0.350 e. The lowest BCUT2D eigenvalue weighted by atomic mass is 10.00. The summed E-state index contributed by atoms with van der Waals surface area (Å²) in [5, 5.41) is 9.33. The second-order valence-corrected chi connectivity index (χ2v) is 6.82. The molecule has 14 heteroatoms. The Hall–Kier alpha value is -3.61. The topological polar surface area (TPSA) is 105 Å². The molecule has 0 radical (unpaired) electrons. The van der Waals surface area contributed by atoms with Gasteiger partial charge in [-0.3, -0.25) is 0 Å². The lowest BCUT2D eigenvalue weighted by Gasteiger charge is -2.17. The van der Waals surface area contributed by atoms with E-state index < -0.39 is 35.1 Å². The summed E-state index contributed by atoms with van der Waals surface area (Å²) in [7, 11) is 0. The van der Waals surface area contributed by atoms with Crippen molar-refractivity contribution >= 4 is 28.3 Å². The van der Waals surface area contributed by atoms with E-state index in [9.17, 15) is 17.6 Å². The fourth-order valence-corrected chi connectivity index (χ4v) is 3.16. The summed E-state index contributed by atoms with van der Waals surface area (Å²) in [6.07, 6.45) is -0.0420. The molecule has 0 bridgehead atoms. The third kappa shape index (κ3) is 3.64. The van der Waals surface area contributed by atoms with E-state index in [0.717, 1.165) is 24.5 Å². The van der Waals surface area contributed by atoms with Crippen LogP contribution in [0.5, 0.6) is 5.75 Å². The first kappa shape index (κ1) is 21.6. The maximum absolute atomic E-state index is 15.1. The van der Waals surface area contributed by atoms with Crippen LogP contribution in [0.15, 0.2) is 24.5 Å². The van der Waals surface area contributed by atoms with Crippen molar-refractivity contribution in [1.29, 1.82) is 0 Å². The molecule has 8 nitrogen and oxygen atoms in total. The van der Waals surface area contributed by atoms with Crippen molar-refractivity contribution in [2.75, 3.05) is 5.73 Å². The van der Waals surface area contributed by atoms with Crippen LogP contribution in [-0.2, 0) is 0 Å². The van der Waals surface area contributed by atoms with Gasteiger partial charge in [0.25, 0.3) is 0 Å². The van der Waals surface area contributed by atoms with Crippen molar-refractivity contribution in [2.45, 2.75) is 19.6 Å². The number of anilines is 1. The minimum Gasteiger partial charge on any atom is -0.482 e. The second-order valence-electron chi connectivity index (χ2n) is 6.44. The Morgan fingerprint density at radius 3 is 2.56 bits per heavy atom. The summed E-state index contributed by atoms with van der Waals surface area (Å²) in [5.74, 6) is -3.76. The number of alkyl halides is 2. The molecule has 0 saturated carbocycles. The smallest absolute Gasteiger partial charge is 0.350 e. The first-order chi connectivity index (χ1) is 15.2. The minimum atomic E-state index is -3.01. The Kier molecular flexibility index (Phi) is 5.50. The highest BCUT2D eigenvalue weighted by molar-refractivity contribution is 6.31. The normalized spacial score (nSPS) is 12.5. The molecule has 0 unspecified atom stereocenters. The van der Waals surface area contributed by atoms with Crippen molar-refractivity contribution in [3.63, 3.8) is 0 Å². The van der Waals surface area contributed by atoms with Gasteiger partial charge >= 0.3 is 6.55 Å². The van der Waals surface area contributed by atoms with E-state index in [2.05, 4.69) is 25.4 Å². The van der Waals surface area contributed by atoms with Crippen LogP contribution in [0.1, 0.15) is 25.4 Å². The number of nitrogens with zero attached hydrogens (tertiary/aromatic N) is 6. The van der Waals surface area contributed by atoms with Crippen LogP contribution in [0.3, 0.4) is 0 Å². The molecule has 0 spiro atoms. The highest BCUT2D eigenvalue weighted by atomic mass is 35.5. The van der Waals surface area contributed by atoms with E-state index in [1.54, 1.807) is 0 Å². The maximum atomic E-state index is 15.1.